The van der Waals surface area contributed by atoms with Crippen molar-refractivity contribution in [3.05, 3.63) is 22.7 Å². The Labute approximate surface area is 135 Å². The zero-order chi connectivity index (χ0) is 15.6. The highest BCUT2D eigenvalue weighted by atomic mass is 79.9. The molecule has 1 saturated heterocycles. The monoisotopic (exact) mass is 375 g/mol. The number of sulfonamides is 1. The number of hydrogen-bond acceptors (Lipinski definition) is 4. The molecule has 0 saturated carbocycles. The van der Waals surface area contributed by atoms with E-state index in [0.717, 1.165) is 18.5 Å². The van der Waals surface area contributed by atoms with Crippen LogP contribution in [0, 0.1) is 0 Å². The van der Waals surface area contributed by atoms with Crippen LogP contribution < -0.4 is 10.2 Å². The molecule has 1 aromatic rings. The van der Waals surface area contributed by atoms with Gasteiger partial charge in [-0.05, 0) is 54.0 Å². The molecule has 1 aliphatic heterocycles. The Hall–Kier alpha value is -0.630. The Morgan fingerprint density at radius 3 is 2.43 bits per heavy atom. The van der Waals surface area contributed by atoms with Gasteiger partial charge in [0, 0.05) is 43.4 Å². The SMILES string of the molecule is CNC1CCN(S(=O)(=O)c2cc(N(C)C)ccc2Br)CC1. The molecule has 0 spiro atoms. The number of anilines is 1. The molecule has 0 unspecified atom stereocenters. The number of piperidine rings is 1. The Morgan fingerprint density at radius 2 is 1.90 bits per heavy atom. The standard InChI is InChI=1S/C14H22BrN3O2S/c1-16-11-6-8-18(9-7-11)21(19,20)14-10-12(17(2)3)4-5-13(14)15/h4-5,10-11,16H,6-9H2,1-3H3. The third kappa shape index (κ3) is 3.59. The smallest absolute Gasteiger partial charge is 0.244 e. The molecular formula is C14H22BrN3O2S. The van der Waals surface area contributed by atoms with Gasteiger partial charge in [0.05, 0.1) is 4.90 Å². The summed E-state index contributed by atoms with van der Waals surface area (Å²) >= 11 is 3.37. The lowest BCUT2D eigenvalue weighted by Gasteiger charge is -2.31. The third-order valence-corrected chi connectivity index (χ3v) is 6.80. The molecule has 0 aromatic heterocycles. The second-order valence-corrected chi connectivity index (χ2v) is 8.24. The molecule has 0 amide bonds. The average molecular weight is 376 g/mol. The van der Waals surface area contributed by atoms with Crippen molar-refractivity contribution in [3.63, 3.8) is 0 Å². The summed E-state index contributed by atoms with van der Waals surface area (Å²) in [7, 11) is 2.28. The van der Waals surface area contributed by atoms with E-state index in [0.29, 0.717) is 28.5 Å². The molecule has 21 heavy (non-hydrogen) atoms. The first kappa shape index (κ1) is 16.7. The van der Waals surface area contributed by atoms with Gasteiger partial charge in [-0.25, -0.2) is 8.42 Å². The molecule has 0 atom stereocenters. The van der Waals surface area contributed by atoms with Gasteiger partial charge in [-0.15, -0.1) is 0 Å². The number of hydrogen-bond donors (Lipinski definition) is 1. The van der Waals surface area contributed by atoms with Crippen molar-refractivity contribution in [2.45, 2.75) is 23.8 Å². The minimum absolute atomic E-state index is 0.344. The second kappa shape index (κ2) is 6.64. The van der Waals surface area contributed by atoms with Crippen molar-refractivity contribution < 1.29 is 8.42 Å². The average Bonchev–Trinajstić information content (AvgIpc) is 2.47. The second-order valence-electron chi connectivity index (χ2n) is 5.48. The molecule has 1 heterocycles. The van der Waals surface area contributed by atoms with E-state index in [2.05, 4.69) is 21.2 Å². The molecule has 5 nitrogen and oxygen atoms in total. The van der Waals surface area contributed by atoms with Gasteiger partial charge in [0.25, 0.3) is 0 Å². The first-order valence-electron chi connectivity index (χ1n) is 7.00. The number of halogens is 1. The van der Waals surface area contributed by atoms with E-state index in [9.17, 15) is 8.42 Å². The van der Waals surface area contributed by atoms with Gasteiger partial charge in [0.15, 0.2) is 0 Å². The summed E-state index contributed by atoms with van der Waals surface area (Å²) in [6.45, 7) is 1.12. The fraction of sp³-hybridized carbons (Fsp3) is 0.571. The maximum Gasteiger partial charge on any atom is 0.244 e. The van der Waals surface area contributed by atoms with Crippen LogP contribution >= 0.6 is 15.9 Å². The van der Waals surface area contributed by atoms with Crippen LogP contribution in [0.2, 0.25) is 0 Å². The van der Waals surface area contributed by atoms with Gasteiger partial charge in [0.2, 0.25) is 10.0 Å². The first-order valence-corrected chi connectivity index (χ1v) is 9.24. The molecule has 2 rings (SSSR count). The van der Waals surface area contributed by atoms with Crippen molar-refractivity contribution in [2.75, 3.05) is 39.1 Å². The molecule has 118 valence electrons. The third-order valence-electron chi connectivity index (χ3n) is 3.91. The predicted octanol–water partition coefficient (Wildman–Crippen LogP) is 1.89. The molecule has 1 fully saturated rings. The van der Waals surface area contributed by atoms with Crippen molar-refractivity contribution in [1.82, 2.24) is 9.62 Å². The van der Waals surface area contributed by atoms with Crippen LogP contribution in [0.3, 0.4) is 0 Å². The normalized spacial score (nSPS) is 17.9. The fourth-order valence-corrected chi connectivity index (χ4v) is 4.91. The molecule has 1 aromatic carbocycles. The molecule has 1 N–H and O–H groups in total. The van der Waals surface area contributed by atoms with Gasteiger partial charge in [0.1, 0.15) is 0 Å². The van der Waals surface area contributed by atoms with E-state index >= 15 is 0 Å². The summed E-state index contributed by atoms with van der Waals surface area (Å²) < 4.78 is 27.9. The van der Waals surface area contributed by atoms with Crippen LogP contribution in [-0.4, -0.2) is 53.0 Å². The van der Waals surface area contributed by atoms with E-state index in [1.54, 1.807) is 16.4 Å². The zero-order valence-electron chi connectivity index (χ0n) is 12.6. The summed E-state index contributed by atoms with van der Waals surface area (Å²) in [5.74, 6) is 0. The lowest BCUT2D eigenvalue weighted by Crippen LogP contribution is -2.43. The summed E-state index contributed by atoms with van der Waals surface area (Å²) in [5.41, 5.74) is 0.877. The van der Waals surface area contributed by atoms with E-state index in [1.165, 1.54) is 0 Å². The number of benzene rings is 1. The minimum Gasteiger partial charge on any atom is -0.378 e. The fourth-order valence-electron chi connectivity index (χ4n) is 2.49. The Morgan fingerprint density at radius 1 is 1.29 bits per heavy atom. The highest BCUT2D eigenvalue weighted by molar-refractivity contribution is 9.10. The quantitative estimate of drug-likeness (QED) is 0.872. The number of rotatable bonds is 4. The van der Waals surface area contributed by atoms with Crippen molar-refractivity contribution >= 4 is 31.6 Å². The molecule has 0 aliphatic carbocycles. The molecule has 0 bridgehead atoms. The van der Waals surface area contributed by atoms with Gasteiger partial charge >= 0.3 is 0 Å². The Balaban J connectivity index is 2.29. The minimum atomic E-state index is -3.45. The van der Waals surface area contributed by atoms with Crippen LogP contribution in [0.25, 0.3) is 0 Å². The number of nitrogens with zero attached hydrogens (tertiary/aromatic N) is 2. The predicted molar refractivity (Wildman–Crippen MR) is 89.3 cm³/mol. The van der Waals surface area contributed by atoms with Crippen molar-refractivity contribution in [3.8, 4) is 0 Å². The van der Waals surface area contributed by atoms with Crippen molar-refractivity contribution in [2.24, 2.45) is 0 Å². The highest BCUT2D eigenvalue weighted by Gasteiger charge is 2.30. The number of nitrogens with one attached hydrogen (secondary N) is 1. The molecular weight excluding hydrogens is 354 g/mol. The van der Waals surface area contributed by atoms with Crippen LogP contribution in [0.4, 0.5) is 5.69 Å². The lowest BCUT2D eigenvalue weighted by molar-refractivity contribution is 0.298. The lowest BCUT2D eigenvalue weighted by atomic mass is 10.1. The van der Waals surface area contributed by atoms with Crippen LogP contribution in [-0.2, 0) is 10.0 Å². The molecule has 7 heteroatoms. The first-order chi connectivity index (χ1) is 9.86. The summed E-state index contributed by atoms with van der Waals surface area (Å²) in [5, 5.41) is 3.21. The van der Waals surface area contributed by atoms with E-state index in [4.69, 9.17) is 0 Å². The molecule has 1 aliphatic rings. The van der Waals surface area contributed by atoms with Gasteiger partial charge < -0.3 is 10.2 Å². The van der Waals surface area contributed by atoms with E-state index < -0.39 is 10.0 Å². The van der Waals surface area contributed by atoms with E-state index in [1.807, 2.05) is 32.1 Å². The Kier molecular flexibility index (Phi) is 5.29. The highest BCUT2D eigenvalue weighted by Crippen LogP contribution is 2.30. The van der Waals surface area contributed by atoms with Gasteiger partial charge in [-0.2, -0.15) is 4.31 Å². The van der Waals surface area contributed by atoms with Gasteiger partial charge in [-0.1, -0.05) is 0 Å². The zero-order valence-corrected chi connectivity index (χ0v) is 15.0. The summed E-state index contributed by atoms with van der Waals surface area (Å²) in [4.78, 5) is 2.25. The summed E-state index contributed by atoms with van der Waals surface area (Å²) in [6, 6.07) is 5.83. The van der Waals surface area contributed by atoms with Gasteiger partial charge in [-0.3, -0.25) is 0 Å². The van der Waals surface area contributed by atoms with Crippen LogP contribution in [0.5, 0.6) is 0 Å². The largest absolute Gasteiger partial charge is 0.378 e. The maximum atomic E-state index is 12.8. The summed E-state index contributed by atoms with van der Waals surface area (Å²) in [6.07, 6.45) is 1.70. The van der Waals surface area contributed by atoms with Crippen LogP contribution in [0.1, 0.15) is 12.8 Å². The van der Waals surface area contributed by atoms with Crippen molar-refractivity contribution in [1.29, 1.82) is 0 Å². The maximum absolute atomic E-state index is 12.8. The van der Waals surface area contributed by atoms with E-state index in [-0.39, 0.29) is 0 Å². The Bertz CT molecular complexity index is 596. The topological polar surface area (TPSA) is 52.7 Å². The molecule has 0 radical (unpaired) electrons. The van der Waals surface area contributed by atoms with Crippen LogP contribution in [0.15, 0.2) is 27.6 Å².